The average Bonchev–Trinajstić information content (AvgIpc) is 3.41. The van der Waals surface area contributed by atoms with Crippen LogP contribution in [0.15, 0.2) is 34.7 Å². The quantitative estimate of drug-likeness (QED) is 0.581. The molecule has 34 heavy (non-hydrogen) atoms. The summed E-state index contributed by atoms with van der Waals surface area (Å²) in [6, 6.07) is 8.73. The Kier molecular flexibility index (Phi) is 6.12. The number of amides is 2. The number of hydrogen-bond donors (Lipinski definition) is 1. The fourth-order valence-corrected chi connectivity index (χ4v) is 3.93. The van der Waals surface area contributed by atoms with Gasteiger partial charge in [0.1, 0.15) is 5.52 Å². The maximum atomic E-state index is 13.0. The molecule has 2 amide bonds. The monoisotopic (exact) mass is 467 g/mol. The molecule has 0 saturated carbocycles. The third-order valence-electron chi connectivity index (χ3n) is 5.75. The Morgan fingerprint density at radius 3 is 2.35 bits per heavy atom. The number of rotatable bonds is 6. The number of nitrogens with zero attached hydrogens (tertiary/aromatic N) is 2. The molecule has 0 radical (unpaired) electrons. The molecule has 1 saturated heterocycles. The van der Waals surface area contributed by atoms with E-state index in [0.717, 1.165) is 0 Å². The molecule has 0 bridgehead atoms. The molecule has 1 fully saturated rings. The molecule has 1 aliphatic rings. The summed E-state index contributed by atoms with van der Waals surface area (Å²) in [6.45, 7) is 6.31. The Labute approximate surface area is 198 Å². The van der Waals surface area contributed by atoms with Crippen LogP contribution in [0, 0.1) is 5.92 Å². The van der Waals surface area contributed by atoms with Crippen LogP contribution in [0.3, 0.4) is 0 Å². The molecule has 1 aliphatic heterocycles. The Bertz CT molecular complexity index is 1220. The average molecular weight is 468 g/mol. The minimum absolute atomic E-state index is 0.100. The maximum Gasteiger partial charge on any atom is 0.229 e. The van der Waals surface area contributed by atoms with Crippen molar-refractivity contribution < 1.29 is 28.2 Å². The topological polar surface area (TPSA) is 103 Å². The smallest absolute Gasteiger partial charge is 0.229 e. The molecule has 180 valence electrons. The van der Waals surface area contributed by atoms with Gasteiger partial charge in [0.25, 0.3) is 0 Å². The lowest BCUT2D eigenvalue weighted by Crippen LogP contribution is -2.28. The summed E-state index contributed by atoms with van der Waals surface area (Å²) < 4.78 is 21.9. The van der Waals surface area contributed by atoms with Crippen LogP contribution in [0.5, 0.6) is 17.2 Å². The van der Waals surface area contributed by atoms with Gasteiger partial charge in [0.2, 0.25) is 23.5 Å². The van der Waals surface area contributed by atoms with Crippen LogP contribution in [-0.4, -0.2) is 44.7 Å². The highest BCUT2D eigenvalue weighted by Crippen LogP contribution is 2.42. The Morgan fingerprint density at radius 2 is 1.76 bits per heavy atom. The Balaban J connectivity index is 1.51. The number of carbonyl (C=O) groups is 2. The van der Waals surface area contributed by atoms with Crippen molar-refractivity contribution in [1.29, 1.82) is 0 Å². The Morgan fingerprint density at radius 1 is 1.09 bits per heavy atom. The van der Waals surface area contributed by atoms with Gasteiger partial charge in [-0.2, -0.15) is 0 Å². The van der Waals surface area contributed by atoms with Gasteiger partial charge in [0, 0.05) is 36.2 Å². The fraction of sp³-hybridized carbons (Fsp3) is 0.400. The van der Waals surface area contributed by atoms with E-state index in [2.05, 4.69) is 10.3 Å². The molecule has 0 aliphatic carbocycles. The number of hydrogen-bond acceptors (Lipinski definition) is 7. The summed E-state index contributed by atoms with van der Waals surface area (Å²) in [6.07, 6.45) is 0.100. The van der Waals surface area contributed by atoms with E-state index in [1.165, 1.54) is 21.3 Å². The second-order valence-corrected chi connectivity index (χ2v) is 9.23. The molecular formula is C25H29N3O6. The van der Waals surface area contributed by atoms with E-state index >= 15 is 0 Å². The van der Waals surface area contributed by atoms with Gasteiger partial charge in [0.05, 0.1) is 32.9 Å². The van der Waals surface area contributed by atoms with Crippen molar-refractivity contribution in [1.82, 2.24) is 4.98 Å². The largest absolute Gasteiger partial charge is 0.493 e. The predicted molar refractivity (Wildman–Crippen MR) is 128 cm³/mol. The molecule has 1 aromatic heterocycles. The van der Waals surface area contributed by atoms with E-state index in [-0.39, 0.29) is 30.2 Å². The zero-order valence-corrected chi connectivity index (χ0v) is 20.2. The van der Waals surface area contributed by atoms with Crippen molar-refractivity contribution in [2.75, 3.05) is 38.1 Å². The minimum Gasteiger partial charge on any atom is -0.493 e. The third kappa shape index (κ3) is 4.37. The van der Waals surface area contributed by atoms with Crippen LogP contribution in [-0.2, 0) is 15.0 Å². The molecule has 1 N–H and O–H groups in total. The second kappa shape index (κ2) is 8.89. The first kappa shape index (κ1) is 23.4. The first-order chi connectivity index (χ1) is 16.1. The van der Waals surface area contributed by atoms with Gasteiger partial charge in [0.15, 0.2) is 17.1 Å². The van der Waals surface area contributed by atoms with Crippen molar-refractivity contribution in [2.24, 2.45) is 5.92 Å². The number of nitrogens with one attached hydrogen (secondary N) is 1. The van der Waals surface area contributed by atoms with E-state index in [1.54, 1.807) is 35.2 Å². The van der Waals surface area contributed by atoms with Crippen LogP contribution in [0.1, 0.15) is 33.1 Å². The summed E-state index contributed by atoms with van der Waals surface area (Å²) in [4.78, 5) is 31.9. The van der Waals surface area contributed by atoms with E-state index in [4.69, 9.17) is 18.6 Å². The van der Waals surface area contributed by atoms with Crippen molar-refractivity contribution in [3.8, 4) is 17.2 Å². The van der Waals surface area contributed by atoms with Gasteiger partial charge in [-0.15, -0.1) is 0 Å². The number of methoxy groups -OCH3 is 3. The van der Waals surface area contributed by atoms with E-state index < -0.39 is 5.92 Å². The standard InChI is InChI=1S/C25H29N3O6/c1-25(2,3)24-27-17-10-15(7-8-18(17)34-24)26-23(30)14-9-21(29)28(13-14)16-11-19(31-4)22(33-6)20(12-16)32-5/h7-8,10-12,14H,9,13H2,1-6H3,(H,26,30). The molecule has 2 heterocycles. The zero-order valence-electron chi connectivity index (χ0n) is 20.2. The van der Waals surface area contributed by atoms with Gasteiger partial charge in [-0.05, 0) is 18.2 Å². The number of fused-ring (bicyclic) bond motifs is 1. The molecule has 3 aromatic rings. The van der Waals surface area contributed by atoms with Gasteiger partial charge < -0.3 is 28.8 Å². The van der Waals surface area contributed by atoms with Gasteiger partial charge >= 0.3 is 0 Å². The van der Waals surface area contributed by atoms with Gasteiger partial charge in [-0.25, -0.2) is 4.98 Å². The first-order valence-electron chi connectivity index (χ1n) is 11.0. The lowest BCUT2D eigenvalue weighted by molar-refractivity contribution is -0.122. The van der Waals surface area contributed by atoms with Crippen molar-refractivity contribution in [2.45, 2.75) is 32.6 Å². The summed E-state index contributed by atoms with van der Waals surface area (Å²) in [7, 11) is 4.54. The fourth-order valence-electron chi connectivity index (χ4n) is 3.93. The molecule has 1 unspecified atom stereocenters. The second-order valence-electron chi connectivity index (χ2n) is 9.23. The predicted octanol–water partition coefficient (Wildman–Crippen LogP) is 4.14. The third-order valence-corrected chi connectivity index (χ3v) is 5.75. The molecule has 2 aromatic carbocycles. The lowest BCUT2D eigenvalue weighted by atomic mass is 9.97. The van der Waals surface area contributed by atoms with Gasteiger partial charge in [-0.1, -0.05) is 20.8 Å². The number of ether oxygens (including phenoxy) is 3. The molecule has 9 heteroatoms. The SMILES string of the molecule is COc1cc(N2CC(C(=O)Nc3ccc4oc(C(C)(C)C)nc4c3)CC2=O)cc(OC)c1OC. The number of oxazole rings is 1. The van der Waals surface area contributed by atoms with Crippen molar-refractivity contribution in [3.05, 3.63) is 36.2 Å². The first-order valence-corrected chi connectivity index (χ1v) is 11.0. The summed E-state index contributed by atoms with van der Waals surface area (Å²) in [5, 5.41) is 2.91. The van der Waals surface area contributed by atoms with E-state index in [0.29, 0.717) is 45.6 Å². The van der Waals surface area contributed by atoms with E-state index in [1.807, 2.05) is 20.8 Å². The highest BCUT2D eigenvalue weighted by molar-refractivity contribution is 6.04. The maximum absolute atomic E-state index is 13.0. The summed E-state index contributed by atoms with van der Waals surface area (Å²) >= 11 is 0. The van der Waals surface area contributed by atoms with Gasteiger partial charge in [-0.3, -0.25) is 9.59 Å². The highest BCUT2D eigenvalue weighted by atomic mass is 16.5. The molecule has 9 nitrogen and oxygen atoms in total. The van der Waals surface area contributed by atoms with Crippen LogP contribution in [0.2, 0.25) is 0 Å². The minimum atomic E-state index is -0.510. The lowest BCUT2D eigenvalue weighted by Gasteiger charge is -2.20. The summed E-state index contributed by atoms with van der Waals surface area (Å²) in [5.41, 5.74) is 2.29. The highest BCUT2D eigenvalue weighted by Gasteiger charge is 2.36. The number of aromatic nitrogens is 1. The normalized spacial score (nSPS) is 16.1. The van der Waals surface area contributed by atoms with Crippen molar-refractivity contribution >= 4 is 34.3 Å². The molecule has 4 rings (SSSR count). The van der Waals surface area contributed by atoms with E-state index in [9.17, 15) is 9.59 Å². The zero-order chi connectivity index (χ0) is 24.6. The number of anilines is 2. The Hall–Kier alpha value is -3.75. The van der Waals surface area contributed by atoms with Crippen LogP contribution >= 0.6 is 0 Å². The van der Waals surface area contributed by atoms with Crippen LogP contribution in [0.4, 0.5) is 11.4 Å². The number of benzene rings is 2. The molecule has 0 spiro atoms. The number of carbonyl (C=O) groups excluding carboxylic acids is 2. The molecular weight excluding hydrogens is 438 g/mol. The molecule has 1 atom stereocenters. The van der Waals surface area contributed by atoms with Crippen molar-refractivity contribution in [3.63, 3.8) is 0 Å². The van der Waals surface area contributed by atoms with Crippen LogP contribution < -0.4 is 24.4 Å². The summed E-state index contributed by atoms with van der Waals surface area (Å²) in [5.74, 6) is 1.05. The van der Waals surface area contributed by atoms with Crippen LogP contribution in [0.25, 0.3) is 11.1 Å².